The predicted octanol–water partition coefficient (Wildman–Crippen LogP) is 3.18. The fraction of sp³-hybridized carbons (Fsp3) is 0.250. The SMILES string of the molecule is O=C(O)c1c(CBr)cc(I)nc1OC(F)(F)F. The quantitative estimate of drug-likeness (QED) is 0.459. The number of carboxylic acid groups (broad SMARTS) is 1. The zero-order valence-corrected chi connectivity index (χ0v) is 11.6. The molecule has 17 heavy (non-hydrogen) atoms. The van der Waals surface area contributed by atoms with Gasteiger partial charge >= 0.3 is 12.3 Å². The van der Waals surface area contributed by atoms with Crippen LogP contribution in [0.2, 0.25) is 0 Å². The van der Waals surface area contributed by atoms with Gasteiger partial charge in [-0.3, -0.25) is 0 Å². The van der Waals surface area contributed by atoms with Crippen molar-refractivity contribution in [2.45, 2.75) is 11.7 Å². The third-order valence-corrected chi connectivity index (χ3v) is 2.76. The topological polar surface area (TPSA) is 59.4 Å². The maximum atomic E-state index is 12.1. The van der Waals surface area contributed by atoms with Crippen molar-refractivity contribution < 1.29 is 27.8 Å². The number of hydrogen-bond donors (Lipinski definition) is 1. The van der Waals surface area contributed by atoms with Crippen LogP contribution in [0.3, 0.4) is 0 Å². The Morgan fingerprint density at radius 1 is 1.59 bits per heavy atom. The summed E-state index contributed by atoms with van der Waals surface area (Å²) in [5.41, 5.74) is -0.434. The number of aromatic nitrogens is 1. The number of hydrogen-bond acceptors (Lipinski definition) is 3. The summed E-state index contributed by atoms with van der Waals surface area (Å²) >= 11 is 4.67. The number of alkyl halides is 4. The fourth-order valence-corrected chi connectivity index (χ4v) is 2.09. The molecule has 0 saturated heterocycles. The van der Waals surface area contributed by atoms with Crippen molar-refractivity contribution in [1.82, 2.24) is 4.98 Å². The Bertz CT molecular complexity index is 452. The molecule has 1 aromatic rings. The first-order chi connectivity index (χ1) is 7.74. The molecule has 0 amide bonds. The van der Waals surface area contributed by atoms with Crippen LogP contribution in [0.5, 0.6) is 5.88 Å². The molecule has 0 unspecified atom stereocenters. The lowest BCUT2D eigenvalue weighted by atomic mass is 10.1. The van der Waals surface area contributed by atoms with Crippen molar-refractivity contribution >= 4 is 44.5 Å². The number of ether oxygens (including phenoxy) is 1. The molecule has 0 spiro atoms. The van der Waals surface area contributed by atoms with Crippen LogP contribution in [0.1, 0.15) is 15.9 Å². The van der Waals surface area contributed by atoms with Gasteiger partial charge in [-0.05, 0) is 34.2 Å². The Balaban J connectivity index is 3.35. The number of rotatable bonds is 3. The van der Waals surface area contributed by atoms with Gasteiger partial charge in [-0.15, -0.1) is 13.2 Å². The molecule has 0 saturated carbocycles. The van der Waals surface area contributed by atoms with E-state index in [0.717, 1.165) is 0 Å². The molecule has 0 aliphatic heterocycles. The molecule has 0 aliphatic rings. The van der Waals surface area contributed by atoms with Gasteiger partial charge in [0.15, 0.2) is 0 Å². The minimum Gasteiger partial charge on any atom is -0.477 e. The molecule has 1 N–H and O–H groups in total. The minimum atomic E-state index is -4.98. The summed E-state index contributed by atoms with van der Waals surface area (Å²) in [7, 11) is 0. The molecule has 9 heteroatoms. The normalized spacial score (nSPS) is 11.4. The molecule has 0 aromatic carbocycles. The van der Waals surface area contributed by atoms with Gasteiger partial charge in [0.1, 0.15) is 9.26 Å². The molecule has 0 radical (unpaired) electrons. The van der Waals surface area contributed by atoms with Crippen molar-refractivity contribution in [3.05, 3.63) is 20.9 Å². The molecule has 1 heterocycles. The van der Waals surface area contributed by atoms with E-state index in [1.54, 1.807) is 22.6 Å². The average molecular weight is 426 g/mol. The monoisotopic (exact) mass is 425 g/mol. The van der Waals surface area contributed by atoms with E-state index in [9.17, 15) is 18.0 Å². The first-order valence-electron chi connectivity index (χ1n) is 3.99. The zero-order chi connectivity index (χ0) is 13.2. The van der Waals surface area contributed by atoms with E-state index in [0.29, 0.717) is 0 Å². The van der Waals surface area contributed by atoms with Crippen molar-refractivity contribution in [3.8, 4) is 5.88 Å². The van der Waals surface area contributed by atoms with E-state index < -0.39 is 23.8 Å². The van der Waals surface area contributed by atoms with E-state index in [1.807, 2.05) is 0 Å². The summed E-state index contributed by atoms with van der Waals surface area (Å²) in [4.78, 5) is 14.3. The molecular formula is C8H4BrF3INO3. The first kappa shape index (κ1) is 14.5. The lowest BCUT2D eigenvalue weighted by Gasteiger charge is -2.12. The Kier molecular flexibility index (Phi) is 4.58. The number of pyridine rings is 1. The highest BCUT2D eigenvalue weighted by Gasteiger charge is 2.34. The lowest BCUT2D eigenvalue weighted by molar-refractivity contribution is -0.276. The molecule has 1 aromatic heterocycles. The molecule has 1 rings (SSSR count). The number of carboxylic acids is 1. The Morgan fingerprint density at radius 2 is 2.18 bits per heavy atom. The van der Waals surface area contributed by atoms with E-state index >= 15 is 0 Å². The lowest BCUT2D eigenvalue weighted by Crippen LogP contribution is -2.21. The van der Waals surface area contributed by atoms with Crippen LogP contribution in [0.15, 0.2) is 6.07 Å². The minimum absolute atomic E-state index is 0.0847. The smallest absolute Gasteiger partial charge is 0.477 e. The van der Waals surface area contributed by atoms with Gasteiger partial charge in [-0.2, -0.15) is 0 Å². The third-order valence-electron chi connectivity index (χ3n) is 1.61. The summed E-state index contributed by atoms with van der Waals surface area (Å²) in [5.74, 6) is -2.48. The van der Waals surface area contributed by atoms with E-state index in [-0.39, 0.29) is 14.6 Å². The van der Waals surface area contributed by atoms with Crippen LogP contribution < -0.4 is 4.74 Å². The summed E-state index contributed by atoms with van der Waals surface area (Å²) in [6.45, 7) is 0. The Morgan fingerprint density at radius 3 is 2.59 bits per heavy atom. The van der Waals surface area contributed by atoms with Gasteiger partial charge in [-0.1, -0.05) is 15.9 Å². The molecule has 0 atom stereocenters. The van der Waals surface area contributed by atoms with Crippen LogP contribution in [-0.2, 0) is 5.33 Å². The largest absolute Gasteiger partial charge is 0.574 e. The van der Waals surface area contributed by atoms with Gasteiger partial charge in [0.2, 0.25) is 5.88 Å². The molecule has 94 valence electrons. The molecule has 0 fully saturated rings. The van der Waals surface area contributed by atoms with E-state index in [2.05, 4.69) is 25.7 Å². The van der Waals surface area contributed by atoms with Crippen molar-refractivity contribution in [2.75, 3.05) is 0 Å². The van der Waals surface area contributed by atoms with Crippen LogP contribution in [0.4, 0.5) is 13.2 Å². The molecule has 4 nitrogen and oxygen atoms in total. The second-order valence-corrected chi connectivity index (χ2v) is 4.44. The fourth-order valence-electron chi connectivity index (χ4n) is 1.06. The third kappa shape index (κ3) is 3.98. The average Bonchev–Trinajstić information content (AvgIpc) is 2.12. The van der Waals surface area contributed by atoms with E-state index in [1.165, 1.54) is 6.07 Å². The Hall–Kier alpha value is -0.580. The summed E-state index contributed by atoms with van der Waals surface area (Å²) < 4.78 is 40.1. The molecule has 0 bridgehead atoms. The van der Waals surface area contributed by atoms with Gasteiger partial charge < -0.3 is 9.84 Å². The van der Waals surface area contributed by atoms with Crippen molar-refractivity contribution in [2.24, 2.45) is 0 Å². The number of nitrogens with zero attached hydrogens (tertiary/aromatic N) is 1. The standard InChI is InChI=1S/C8H4BrF3INO3/c9-2-3-1-4(13)14-6(5(3)7(15)16)17-8(10,11)12/h1H,2H2,(H,15,16). The molecular weight excluding hydrogens is 422 g/mol. The van der Waals surface area contributed by atoms with Gasteiger partial charge in [-0.25, -0.2) is 9.78 Å². The Labute approximate surface area is 115 Å². The number of aromatic carboxylic acids is 1. The second-order valence-electron chi connectivity index (χ2n) is 2.77. The number of carbonyl (C=O) groups is 1. The van der Waals surface area contributed by atoms with Crippen LogP contribution in [-0.4, -0.2) is 22.4 Å². The summed E-state index contributed by atoms with van der Waals surface area (Å²) in [5, 5.41) is 8.94. The highest BCUT2D eigenvalue weighted by atomic mass is 127. The summed E-state index contributed by atoms with van der Waals surface area (Å²) in [6, 6.07) is 1.36. The zero-order valence-electron chi connectivity index (χ0n) is 7.89. The molecule has 0 aliphatic carbocycles. The second kappa shape index (κ2) is 5.38. The van der Waals surface area contributed by atoms with Crippen molar-refractivity contribution in [1.29, 1.82) is 0 Å². The maximum Gasteiger partial charge on any atom is 0.574 e. The van der Waals surface area contributed by atoms with Gasteiger partial charge in [0.05, 0.1) is 0 Å². The van der Waals surface area contributed by atoms with Crippen LogP contribution in [0.25, 0.3) is 0 Å². The maximum absolute atomic E-state index is 12.1. The summed E-state index contributed by atoms with van der Waals surface area (Å²) in [6.07, 6.45) is -4.98. The highest BCUT2D eigenvalue weighted by molar-refractivity contribution is 14.1. The van der Waals surface area contributed by atoms with Crippen LogP contribution in [0, 0.1) is 3.70 Å². The van der Waals surface area contributed by atoms with Gasteiger partial charge in [0, 0.05) is 5.33 Å². The van der Waals surface area contributed by atoms with Crippen LogP contribution >= 0.6 is 38.5 Å². The number of halogens is 5. The first-order valence-corrected chi connectivity index (χ1v) is 6.19. The predicted molar refractivity (Wildman–Crippen MR) is 63.2 cm³/mol. The highest BCUT2D eigenvalue weighted by Crippen LogP contribution is 2.29. The van der Waals surface area contributed by atoms with Crippen molar-refractivity contribution in [3.63, 3.8) is 0 Å². The van der Waals surface area contributed by atoms with Gasteiger partial charge in [0.25, 0.3) is 0 Å². The van der Waals surface area contributed by atoms with E-state index in [4.69, 9.17) is 5.11 Å².